The van der Waals surface area contributed by atoms with Gasteiger partial charge in [-0.2, -0.15) is 13.2 Å². The van der Waals surface area contributed by atoms with Crippen molar-refractivity contribution < 1.29 is 27.8 Å². The first-order valence-electron chi connectivity index (χ1n) is 13.5. The highest BCUT2D eigenvalue weighted by Gasteiger charge is 2.45. The van der Waals surface area contributed by atoms with Gasteiger partial charge in [0.05, 0.1) is 16.6 Å². The molecule has 9 nitrogen and oxygen atoms in total. The Morgan fingerprint density at radius 2 is 1.90 bits per heavy atom. The van der Waals surface area contributed by atoms with Crippen LogP contribution in [-0.2, 0) is 24.9 Å². The van der Waals surface area contributed by atoms with Crippen LogP contribution in [0.2, 0.25) is 0 Å². The van der Waals surface area contributed by atoms with E-state index in [-0.39, 0.29) is 24.5 Å². The Hall–Kier alpha value is -4.19. The molecule has 0 saturated carbocycles. The maximum absolute atomic E-state index is 13.9. The van der Waals surface area contributed by atoms with Gasteiger partial charge in [0.15, 0.2) is 0 Å². The van der Waals surface area contributed by atoms with E-state index in [0.29, 0.717) is 11.1 Å². The summed E-state index contributed by atoms with van der Waals surface area (Å²) in [6.07, 6.45) is -6.71. The highest BCUT2D eigenvalue weighted by atomic mass is 19.4. The predicted molar refractivity (Wildman–Crippen MR) is 149 cm³/mol. The fourth-order valence-electron chi connectivity index (χ4n) is 5.69. The van der Waals surface area contributed by atoms with Crippen molar-refractivity contribution in [3.05, 3.63) is 86.3 Å². The number of nitrogens with zero attached hydrogens (tertiary/aromatic N) is 4. The number of aliphatic carboxylic acids is 1. The van der Waals surface area contributed by atoms with E-state index in [9.17, 15) is 27.9 Å². The van der Waals surface area contributed by atoms with Gasteiger partial charge in [-0.1, -0.05) is 29.5 Å². The van der Waals surface area contributed by atoms with Crippen molar-refractivity contribution in [2.75, 3.05) is 6.54 Å². The van der Waals surface area contributed by atoms with Crippen LogP contribution in [0.25, 0.3) is 11.0 Å². The Morgan fingerprint density at radius 3 is 2.60 bits per heavy atom. The lowest BCUT2D eigenvalue weighted by atomic mass is 9.69. The number of rotatable bonds is 6. The van der Waals surface area contributed by atoms with Gasteiger partial charge in [-0.25, -0.2) is 4.68 Å². The Labute approximate surface area is 239 Å². The zero-order valence-corrected chi connectivity index (χ0v) is 23.9. The monoisotopic (exact) mass is 583 g/mol. The molecule has 3 heterocycles. The van der Waals surface area contributed by atoms with E-state index < -0.39 is 41.7 Å². The van der Waals surface area contributed by atoms with Crippen LogP contribution < -0.4 is 10.3 Å². The average molecular weight is 584 g/mol. The molecule has 0 aliphatic carbocycles. The summed E-state index contributed by atoms with van der Waals surface area (Å²) in [7, 11) is 1.78. The minimum Gasteiger partial charge on any atom is -0.481 e. The fourth-order valence-corrected chi connectivity index (χ4v) is 5.69. The van der Waals surface area contributed by atoms with Gasteiger partial charge >= 0.3 is 12.1 Å². The number of hydrogen-bond donors (Lipinski definition) is 2. The number of nitrogens with one attached hydrogen (secondary N) is 1. The van der Waals surface area contributed by atoms with Crippen LogP contribution in [0.5, 0.6) is 5.75 Å². The van der Waals surface area contributed by atoms with Gasteiger partial charge in [0, 0.05) is 38.7 Å². The van der Waals surface area contributed by atoms with Gasteiger partial charge in [0.1, 0.15) is 11.3 Å². The highest BCUT2D eigenvalue weighted by Crippen LogP contribution is 2.44. The van der Waals surface area contributed by atoms with Crippen molar-refractivity contribution in [1.82, 2.24) is 24.9 Å². The first-order valence-corrected chi connectivity index (χ1v) is 13.5. The van der Waals surface area contributed by atoms with Crippen molar-refractivity contribution in [1.29, 1.82) is 0 Å². The number of ether oxygens (including phenoxy) is 1. The summed E-state index contributed by atoms with van der Waals surface area (Å²) in [5.41, 5.74) is 3.93. The SMILES string of the molecule is Cc1ccc(C(c2ccc3c(nnn3C)c2C)C(C)(C)C(=O)O)cc1CN1Cc2[nH]c(=O)ccc2O[C@@H](C(F)(F)F)C1. The summed E-state index contributed by atoms with van der Waals surface area (Å²) in [4.78, 5) is 28.7. The van der Waals surface area contributed by atoms with Crippen molar-refractivity contribution >= 4 is 17.0 Å². The molecule has 2 aromatic carbocycles. The fraction of sp³-hybridized carbons (Fsp3) is 0.400. The van der Waals surface area contributed by atoms with Crippen LogP contribution in [-0.4, -0.2) is 54.8 Å². The second-order valence-corrected chi connectivity index (χ2v) is 11.5. The molecule has 2 atom stereocenters. The molecule has 0 bridgehead atoms. The van der Waals surface area contributed by atoms with Gasteiger partial charge in [-0.15, -0.1) is 5.10 Å². The molecule has 0 fully saturated rings. The number of aromatic amines is 1. The summed E-state index contributed by atoms with van der Waals surface area (Å²) < 4.78 is 48.7. The molecule has 0 radical (unpaired) electrons. The lowest BCUT2D eigenvalue weighted by Crippen LogP contribution is -2.42. The Balaban J connectivity index is 1.58. The lowest BCUT2D eigenvalue weighted by Gasteiger charge is -2.33. The minimum absolute atomic E-state index is 0.0111. The summed E-state index contributed by atoms with van der Waals surface area (Å²) in [5.74, 6) is -1.61. The van der Waals surface area contributed by atoms with Gasteiger partial charge in [-0.05, 0) is 67.6 Å². The largest absolute Gasteiger partial charge is 0.481 e. The van der Waals surface area contributed by atoms with Crippen LogP contribution >= 0.6 is 0 Å². The summed E-state index contributed by atoms with van der Waals surface area (Å²) in [6, 6.07) is 11.8. The van der Waals surface area contributed by atoms with Crippen LogP contribution in [0.4, 0.5) is 13.2 Å². The number of fused-ring (bicyclic) bond motifs is 2. The summed E-state index contributed by atoms with van der Waals surface area (Å²) in [6.45, 7) is 6.77. The number of halogens is 3. The van der Waals surface area contributed by atoms with Crippen LogP contribution in [0.1, 0.15) is 53.3 Å². The molecular weight excluding hydrogens is 551 g/mol. The standard InChI is InChI=1S/C30H32F3N5O4/c1-16-6-7-18(26(29(3,4)28(40)41)20-8-9-22-27(17(20)2)35-36-37(22)5)12-19(16)13-38-14-21-23(10-11-25(39)34-21)42-24(15-38)30(31,32)33/h6-12,24,26H,13-15H2,1-5H3,(H,34,39)(H,40,41)/t24-,26?/m1/s1. The number of pyridine rings is 1. The molecule has 0 saturated heterocycles. The second-order valence-electron chi connectivity index (χ2n) is 11.5. The molecule has 1 aliphatic heterocycles. The molecule has 2 aromatic heterocycles. The molecule has 5 rings (SSSR count). The van der Waals surface area contributed by atoms with E-state index in [2.05, 4.69) is 15.3 Å². The van der Waals surface area contributed by atoms with E-state index >= 15 is 0 Å². The number of alkyl halides is 3. The smallest absolute Gasteiger partial charge is 0.426 e. The number of carboxylic acid groups (broad SMARTS) is 1. The van der Waals surface area contributed by atoms with Gasteiger partial charge < -0.3 is 14.8 Å². The third kappa shape index (κ3) is 5.38. The molecule has 2 N–H and O–H groups in total. The number of carboxylic acids is 1. The molecule has 0 amide bonds. The third-order valence-corrected chi connectivity index (χ3v) is 8.16. The third-order valence-electron chi connectivity index (χ3n) is 8.16. The van der Waals surface area contributed by atoms with Gasteiger partial charge in [0.2, 0.25) is 11.7 Å². The maximum Gasteiger partial charge on any atom is 0.426 e. The molecule has 42 heavy (non-hydrogen) atoms. The molecule has 1 aliphatic rings. The molecule has 1 unspecified atom stereocenters. The van der Waals surface area contributed by atoms with Crippen molar-refractivity contribution in [2.24, 2.45) is 12.5 Å². The van der Waals surface area contributed by atoms with Gasteiger partial charge in [0.25, 0.3) is 0 Å². The highest BCUT2D eigenvalue weighted by molar-refractivity contribution is 5.81. The quantitative estimate of drug-likeness (QED) is 0.334. The normalized spacial score (nSPS) is 17.0. The van der Waals surface area contributed by atoms with E-state index in [1.807, 2.05) is 44.2 Å². The Kier molecular flexibility index (Phi) is 7.38. The number of aryl methyl sites for hydroxylation is 3. The van der Waals surface area contributed by atoms with Crippen LogP contribution in [0.3, 0.4) is 0 Å². The second kappa shape index (κ2) is 10.6. The number of H-pyrrole nitrogens is 1. The van der Waals surface area contributed by atoms with E-state index in [1.54, 1.807) is 30.5 Å². The molecule has 4 aromatic rings. The molecule has 12 heteroatoms. The van der Waals surface area contributed by atoms with Crippen molar-refractivity contribution in [3.63, 3.8) is 0 Å². The number of aromatic nitrogens is 4. The maximum atomic E-state index is 13.9. The number of carbonyl (C=O) groups is 1. The predicted octanol–water partition coefficient (Wildman–Crippen LogP) is 4.84. The summed E-state index contributed by atoms with van der Waals surface area (Å²) >= 11 is 0. The zero-order valence-electron chi connectivity index (χ0n) is 23.9. The number of hydrogen-bond acceptors (Lipinski definition) is 6. The van der Waals surface area contributed by atoms with E-state index in [1.165, 1.54) is 6.07 Å². The molecule has 0 spiro atoms. The zero-order chi connectivity index (χ0) is 30.6. The van der Waals surface area contributed by atoms with Gasteiger partial charge in [-0.3, -0.25) is 14.5 Å². The minimum atomic E-state index is -4.63. The van der Waals surface area contributed by atoms with E-state index in [0.717, 1.165) is 33.8 Å². The molecule has 222 valence electrons. The average Bonchev–Trinajstić information content (AvgIpc) is 3.18. The summed E-state index contributed by atoms with van der Waals surface area (Å²) in [5, 5.41) is 18.7. The first-order chi connectivity index (χ1) is 19.7. The van der Waals surface area contributed by atoms with Crippen LogP contribution in [0, 0.1) is 19.3 Å². The molecular formula is C30H32F3N5O4. The van der Waals surface area contributed by atoms with Crippen LogP contribution in [0.15, 0.2) is 47.3 Å². The topological polar surface area (TPSA) is 113 Å². The van der Waals surface area contributed by atoms with Crippen molar-refractivity contribution in [2.45, 2.75) is 59.0 Å². The first kappa shape index (κ1) is 29.3. The Bertz CT molecular complexity index is 1730. The lowest BCUT2D eigenvalue weighted by molar-refractivity contribution is -0.198. The van der Waals surface area contributed by atoms with E-state index in [4.69, 9.17) is 4.74 Å². The number of benzene rings is 2. The Morgan fingerprint density at radius 1 is 1.17 bits per heavy atom. The van der Waals surface area contributed by atoms with Crippen molar-refractivity contribution in [3.8, 4) is 5.75 Å².